The molecule has 0 radical (unpaired) electrons. The lowest BCUT2D eigenvalue weighted by atomic mass is 10.2. The van der Waals surface area contributed by atoms with Crippen molar-refractivity contribution in [2.45, 2.75) is 19.8 Å². The van der Waals surface area contributed by atoms with Gasteiger partial charge in [-0.25, -0.2) is 4.98 Å². The van der Waals surface area contributed by atoms with Crippen LogP contribution in [0.25, 0.3) is 5.52 Å². The third-order valence-corrected chi connectivity index (χ3v) is 2.77. The Hall–Kier alpha value is -1.06. The van der Waals surface area contributed by atoms with Crippen molar-refractivity contribution in [3.8, 4) is 0 Å². The molecule has 15 heavy (non-hydrogen) atoms. The van der Waals surface area contributed by atoms with E-state index in [1.807, 2.05) is 16.7 Å². The molecule has 0 atom stereocenters. The van der Waals surface area contributed by atoms with Gasteiger partial charge in [-0.05, 0) is 24.6 Å². The highest BCUT2D eigenvalue weighted by atomic mass is 35.5. The molecular formula is C11H14ClN3. The third-order valence-electron chi connectivity index (χ3n) is 2.51. The Morgan fingerprint density at radius 1 is 1.53 bits per heavy atom. The van der Waals surface area contributed by atoms with Gasteiger partial charge in [-0.15, -0.1) is 0 Å². The Kier molecular flexibility index (Phi) is 2.93. The lowest BCUT2D eigenvalue weighted by Crippen LogP contribution is -2.04. The Balaban J connectivity index is 2.68. The van der Waals surface area contributed by atoms with E-state index in [-0.39, 0.29) is 0 Å². The summed E-state index contributed by atoms with van der Waals surface area (Å²) in [5.74, 6) is 0.994. The van der Waals surface area contributed by atoms with Gasteiger partial charge >= 0.3 is 0 Å². The van der Waals surface area contributed by atoms with Crippen LogP contribution in [0.1, 0.15) is 18.3 Å². The highest BCUT2D eigenvalue weighted by Gasteiger charge is 2.10. The highest BCUT2D eigenvalue weighted by Crippen LogP contribution is 2.22. The molecule has 4 heteroatoms. The summed E-state index contributed by atoms with van der Waals surface area (Å²) in [6.45, 7) is 2.70. The van der Waals surface area contributed by atoms with Crippen molar-refractivity contribution >= 4 is 17.1 Å². The maximum Gasteiger partial charge on any atom is 0.155 e. The van der Waals surface area contributed by atoms with Crippen LogP contribution in [0.15, 0.2) is 18.3 Å². The zero-order chi connectivity index (χ0) is 10.8. The third kappa shape index (κ3) is 1.73. The standard InChI is InChI=1S/C11H14ClN3/c1-2-9-14-11(12)10-8(5-6-13)4-3-7-15(9)10/h3-4,7H,2,5-6,13H2,1H3. The summed E-state index contributed by atoms with van der Waals surface area (Å²) >= 11 is 6.12. The smallest absolute Gasteiger partial charge is 0.155 e. The van der Waals surface area contributed by atoms with Crippen LogP contribution in [0.2, 0.25) is 5.15 Å². The van der Waals surface area contributed by atoms with Crippen molar-refractivity contribution in [3.05, 3.63) is 34.9 Å². The van der Waals surface area contributed by atoms with Gasteiger partial charge in [-0.1, -0.05) is 24.6 Å². The van der Waals surface area contributed by atoms with Gasteiger partial charge in [0.1, 0.15) is 5.82 Å². The Bertz CT molecular complexity index is 476. The number of nitrogens with zero attached hydrogens (tertiary/aromatic N) is 2. The first-order chi connectivity index (χ1) is 7.27. The van der Waals surface area contributed by atoms with E-state index in [0.717, 1.165) is 29.7 Å². The number of hydrogen-bond acceptors (Lipinski definition) is 2. The molecule has 0 aliphatic carbocycles. The van der Waals surface area contributed by atoms with Crippen LogP contribution in [-0.2, 0) is 12.8 Å². The summed E-state index contributed by atoms with van der Waals surface area (Å²) in [7, 11) is 0. The second-order valence-corrected chi connectivity index (χ2v) is 3.82. The number of imidazole rings is 1. The lowest BCUT2D eigenvalue weighted by molar-refractivity contribution is 0.919. The summed E-state index contributed by atoms with van der Waals surface area (Å²) in [4.78, 5) is 4.34. The fourth-order valence-electron chi connectivity index (χ4n) is 1.83. The maximum absolute atomic E-state index is 6.12. The second-order valence-electron chi connectivity index (χ2n) is 3.46. The molecule has 2 aromatic rings. The van der Waals surface area contributed by atoms with Crippen molar-refractivity contribution in [1.29, 1.82) is 0 Å². The summed E-state index contributed by atoms with van der Waals surface area (Å²) in [5.41, 5.74) is 7.73. The van der Waals surface area contributed by atoms with E-state index in [2.05, 4.69) is 18.0 Å². The zero-order valence-corrected chi connectivity index (χ0v) is 9.46. The average molecular weight is 224 g/mol. The van der Waals surface area contributed by atoms with Crippen LogP contribution in [0.4, 0.5) is 0 Å². The summed E-state index contributed by atoms with van der Waals surface area (Å²) < 4.78 is 2.05. The fourth-order valence-corrected chi connectivity index (χ4v) is 2.14. The molecule has 0 aliphatic rings. The van der Waals surface area contributed by atoms with Crippen LogP contribution in [0.3, 0.4) is 0 Å². The van der Waals surface area contributed by atoms with Crippen molar-refractivity contribution < 1.29 is 0 Å². The predicted molar refractivity (Wildman–Crippen MR) is 62.3 cm³/mol. The molecule has 0 fully saturated rings. The first-order valence-corrected chi connectivity index (χ1v) is 5.50. The summed E-state index contributed by atoms with van der Waals surface area (Å²) in [6, 6.07) is 4.06. The van der Waals surface area contributed by atoms with E-state index < -0.39 is 0 Å². The van der Waals surface area contributed by atoms with Gasteiger partial charge in [0.2, 0.25) is 0 Å². The van der Waals surface area contributed by atoms with Crippen molar-refractivity contribution in [2.24, 2.45) is 5.73 Å². The maximum atomic E-state index is 6.12. The number of aryl methyl sites for hydroxylation is 1. The first kappa shape index (κ1) is 10.5. The summed E-state index contributed by atoms with van der Waals surface area (Å²) in [5, 5.41) is 0.580. The molecule has 2 N–H and O–H groups in total. The van der Waals surface area contributed by atoms with E-state index in [1.54, 1.807) is 0 Å². The lowest BCUT2D eigenvalue weighted by Gasteiger charge is -2.03. The Morgan fingerprint density at radius 2 is 2.33 bits per heavy atom. The van der Waals surface area contributed by atoms with Gasteiger partial charge in [0, 0.05) is 12.6 Å². The average Bonchev–Trinajstić information content (AvgIpc) is 2.57. The number of nitrogens with two attached hydrogens (primary N) is 1. The van der Waals surface area contributed by atoms with Crippen molar-refractivity contribution in [1.82, 2.24) is 9.38 Å². The summed E-state index contributed by atoms with van der Waals surface area (Å²) in [6.07, 6.45) is 3.70. The zero-order valence-electron chi connectivity index (χ0n) is 8.70. The minimum atomic E-state index is 0.580. The Morgan fingerprint density at radius 3 is 3.00 bits per heavy atom. The van der Waals surface area contributed by atoms with Crippen LogP contribution in [-0.4, -0.2) is 15.9 Å². The number of fused-ring (bicyclic) bond motifs is 1. The molecule has 0 saturated heterocycles. The van der Waals surface area contributed by atoms with Gasteiger partial charge in [0.05, 0.1) is 5.52 Å². The number of rotatable bonds is 3. The normalized spacial score (nSPS) is 11.1. The number of halogens is 1. The van der Waals surface area contributed by atoms with E-state index >= 15 is 0 Å². The number of aromatic nitrogens is 2. The van der Waals surface area contributed by atoms with Crippen LogP contribution in [0, 0.1) is 0 Å². The topological polar surface area (TPSA) is 43.3 Å². The van der Waals surface area contributed by atoms with Gasteiger partial charge in [-0.2, -0.15) is 0 Å². The molecular weight excluding hydrogens is 210 g/mol. The number of pyridine rings is 1. The molecule has 2 aromatic heterocycles. The Labute approximate surface area is 93.9 Å². The molecule has 80 valence electrons. The van der Waals surface area contributed by atoms with Gasteiger partial charge in [-0.3, -0.25) is 0 Å². The highest BCUT2D eigenvalue weighted by molar-refractivity contribution is 6.32. The molecule has 0 amide bonds. The van der Waals surface area contributed by atoms with Crippen LogP contribution in [0.5, 0.6) is 0 Å². The SMILES string of the molecule is CCc1nc(Cl)c2c(CCN)cccn12. The van der Waals surface area contributed by atoms with Crippen LogP contribution < -0.4 is 5.73 Å². The minimum Gasteiger partial charge on any atom is -0.330 e. The second kappa shape index (κ2) is 4.21. The minimum absolute atomic E-state index is 0.580. The van der Waals surface area contributed by atoms with E-state index in [0.29, 0.717) is 11.7 Å². The van der Waals surface area contributed by atoms with Gasteiger partial charge in [0.25, 0.3) is 0 Å². The van der Waals surface area contributed by atoms with Crippen molar-refractivity contribution in [3.63, 3.8) is 0 Å². The molecule has 2 heterocycles. The molecule has 0 aromatic carbocycles. The van der Waals surface area contributed by atoms with Crippen LogP contribution >= 0.6 is 11.6 Å². The molecule has 0 saturated carbocycles. The fraction of sp³-hybridized carbons (Fsp3) is 0.364. The predicted octanol–water partition coefficient (Wildman–Crippen LogP) is 2.05. The van der Waals surface area contributed by atoms with E-state index in [9.17, 15) is 0 Å². The van der Waals surface area contributed by atoms with Crippen molar-refractivity contribution in [2.75, 3.05) is 6.54 Å². The first-order valence-electron chi connectivity index (χ1n) is 5.12. The number of hydrogen-bond donors (Lipinski definition) is 1. The molecule has 0 aliphatic heterocycles. The van der Waals surface area contributed by atoms with Gasteiger partial charge < -0.3 is 10.1 Å². The molecule has 3 nitrogen and oxygen atoms in total. The largest absolute Gasteiger partial charge is 0.330 e. The van der Waals surface area contributed by atoms with Gasteiger partial charge in [0.15, 0.2) is 5.15 Å². The molecule has 0 spiro atoms. The monoisotopic (exact) mass is 223 g/mol. The molecule has 0 bridgehead atoms. The van der Waals surface area contributed by atoms with E-state index in [1.165, 1.54) is 0 Å². The quantitative estimate of drug-likeness (QED) is 0.866. The molecule has 2 rings (SSSR count). The molecule has 0 unspecified atom stereocenters. The van der Waals surface area contributed by atoms with E-state index in [4.69, 9.17) is 17.3 Å².